The van der Waals surface area contributed by atoms with Crippen LogP contribution >= 0.6 is 11.6 Å². The second-order valence-corrected chi connectivity index (χ2v) is 8.02. The summed E-state index contributed by atoms with van der Waals surface area (Å²) in [6, 6.07) is 5.41. The van der Waals surface area contributed by atoms with Crippen LogP contribution in [0.4, 0.5) is 0 Å². The summed E-state index contributed by atoms with van der Waals surface area (Å²) in [4.78, 5) is 8.85. The lowest BCUT2D eigenvalue weighted by atomic mass is 9.89. The first-order valence-corrected chi connectivity index (χ1v) is 10.6. The highest BCUT2D eigenvalue weighted by molar-refractivity contribution is 6.31. The molecule has 1 saturated heterocycles. The van der Waals surface area contributed by atoms with Crippen molar-refractivity contribution < 1.29 is 20.1 Å². The summed E-state index contributed by atoms with van der Waals surface area (Å²) in [6.45, 7) is 4.01. The van der Waals surface area contributed by atoms with E-state index in [1.807, 2.05) is 25.4 Å². The maximum atomic E-state index is 10.4. The van der Waals surface area contributed by atoms with Gasteiger partial charge in [0.1, 0.15) is 30.2 Å². The highest BCUT2D eigenvalue weighted by atomic mass is 35.5. The molecule has 6 nitrogen and oxygen atoms in total. The van der Waals surface area contributed by atoms with Gasteiger partial charge >= 0.3 is 0 Å². The van der Waals surface area contributed by atoms with Crippen molar-refractivity contribution in [1.82, 2.24) is 9.97 Å². The minimum absolute atomic E-state index is 0.531. The minimum atomic E-state index is -1.26. The van der Waals surface area contributed by atoms with Crippen LogP contribution < -0.4 is 0 Å². The van der Waals surface area contributed by atoms with Crippen molar-refractivity contribution in [2.75, 3.05) is 0 Å². The van der Waals surface area contributed by atoms with Gasteiger partial charge < -0.3 is 20.1 Å². The van der Waals surface area contributed by atoms with Crippen molar-refractivity contribution in [2.24, 2.45) is 0 Å². The highest BCUT2D eigenvalue weighted by Gasteiger charge is 2.43. The van der Waals surface area contributed by atoms with Gasteiger partial charge in [-0.3, -0.25) is 0 Å². The third kappa shape index (κ3) is 5.13. The molecule has 3 rings (SSSR count). The van der Waals surface area contributed by atoms with Gasteiger partial charge in [0.25, 0.3) is 0 Å². The number of hydrogen-bond donors (Lipinski definition) is 3. The van der Waals surface area contributed by atoms with E-state index in [2.05, 4.69) is 16.9 Å². The Morgan fingerprint density at radius 1 is 1.03 bits per heavy atom. The normalized spacial score (nSPS) is 27.2. The molecule has 2 aromatic rings. The third-order valence-electron chi connectivity index (χ3n) is 5.42. The van der Waals surface area contributed by atoms with E-state index in [1.165, 1.54) is 0 Å². The molecule has 7 heteroatoms. The molecule has 3 N–H and O–H groups in total. The molecule has 5 atom stereocenters. The number of halogens is 1. The van der Waals surface area contributed by atoms with E-state index in [9.17, 15) is 15.3 Å². The lowest BCUT2D eigenvalue weighted by molar-refractivity contribution is -0.225. The second kappa shape index (κ2) is 9.96. The zero-order chi connectivity index (χ0) is 21.0. The number of benzene rings is 1. The van der Waals surface area contributed by atoms with Gasteiger partial charge in [0.05, 0.1) is 6.10 Å². The summed E-state index contributed by atoms with van der Waals surface area (Å²) in [7, 11) is 0. The van der Waals surface area contributed by atoms with Crippen molar-refractivity contribution in [3.63, 3.8) is 0 Å². The van der Waals surface area contributed by atoms with E-state index in [-0.39, 0.29) is 0 Å². The van der Waals surface area contributed by atoms with Gasteiger partial charge in [0, 0.05) is 30.3 Å². The molecule has 0 saturated carbocycles. The Bertz CT molecular complexity index is 800. The number of aromatic nitrogens is 2. The van der Waals surface area contributed by atoms with Gasteiger partial charge in [0.15, 0.2) is 0 Å². The Balaban J connectivity index is 1.79. The summed E-state index contributed by atoms with van der Waals surface area (Å²) >= 11 is 6.40. The quantitative estimate of drug-likeness (QED) is 0.637. The van der Waals surface area contributed by atoms with E-state index >= 15 is 0 Å². The number of ether oxygens (including phenoxy) is 1. The van der Waals surface area contributed by atoms with E-state index < -0.39 is 30.5 Å². The van der Waals surface area contributed by atoms with Gasteiger partial charge in [-0.05, 0) is 35.6 Å². The molecule has 1 aromatic heterocycles. The van der Waals surface area contributed by atoms with Crippen molar-refractivity contribution in [2.45, 2.75) is 76.5 Å². The van der Waals surface area contributed by atoms with Crippen LogP contribution in [0, 0.1) is 0 Å². The SMILES string of the molecule is CCCCc1ncc(Cc2cc([C@@H]3O[C@H](CC)[C@@H](O)[C@H](O)[C@H]3O)ccc2Cl)cn1. The predicted molar refractivity (Wildman–Crippen MR) is 111 cm³/mol. The molecule has 1 fully saturated rings. The van der Waals surface area contributed by atoms with Gasteiger partial charge in [-0.1, -0.05) is 44.0 Å². The van der Waals surface area contributed by atoms with E-state index in [1.54, 1.807) is 12.1 Å². The Morgan fingerprint density at radius 2 is 1.76 bits per heavy atom. The molecule has 1 aliphatic heterocycles. The van der Waals surface area contributed by atoms with Crippen molar-refractivity contribution in [3.8, 4) is 0 Å². The predicted octanol–water partition coefficient (Wildman–Crippen LogP) is 3.00. The molecule has 0 aliphatic carbocycles. The monoisotopic (exact) mass is 420 g/mol. The van der Waals surface area contributed by atoms with E-state index in [0.717, 1.165) is 36.2 Å². The van der Waals surface area contributed by atoms with Crippen LogP contribution in [0.2, 0.25) is 5.02 Å². The zero-order valence-corrected chi connectivity index (χ0v) is 17.6. The number of aliphatic hydroxyl groups is 3. The summed E-state index contributed by atoms with van der Waals surface area (Å²) < 4.78 is 5.89. The van der Waals surface area contributed by atoms with E-state index in [0.29, 0.717) is 23.4 Å². The average molecular weight is 421 g/mol. The molecule has 0 spiro atoms. The number of hydrogen-bond acceptors (Lipinski definition) is 6. The molecule has 0 radical (unpaired) electrons. The molecule has 1 aromatic carbocycles. The minimum Gasteiger partial charge on any atom is -0.388 e. The second-order valence-electron chi connectivity index (χ2n) is 7.61. The molecule has 0 unspecified atom stereocenters. The number of unbranched alkanes of at least 4 members (excludes halogenated alkanes) is 1. The zero-order valence-electron chi connectivity index (χ0n) is 16.8. The van der Waals surface area contributed by atoms with E-state index in [4.69, 9.17) is 16.3 Å². The lowest BCUT2D eigenvalue weighted by Gasteiger charge is -2.40. The third-order valence-corrected chi connectivity index (χ3v) is 5.79. The molecular formula is C22H29ClN2O4. The van der Waals surface area contributed by atoms with Crippen LogP contribution in [-0.4, -0.2) is 49.7 Å². The maximum absolute atomic E-state index is 10.4. The maximum Gasteiger partial charge on any atom is 0.128 e. The molecule has 29 heavy (non-hydrogen) atoms. The number of nitrogens with zero attached hydrogens (tertiary/aromatic N) is 2. The topological polar surface area (TPSA) is 95.7 Å². The summed E-state index contributed by atoms with van der Waals surface area (Å²) in [5.74, 6) is 0.840. The number of aryl methyl sites for hydroxylation is 1. The van der Waals surface area contributed by atoms with Gasteiger partial charge in [-0.2, -0.15) is 0 Å². The first kappa shape index (κ1) is 22.1. The fourth-order valence-electron chi connectivity index (χ4n) is 3.63. The number of rotatable bonds is 7. The van der Waals surface area contributed by atoms with Gasteiger partial charge in [0.2, 0.25) is 0 Å². The Labute approximate surface area is 176 Å². The summed E-state index contributed by atoms with van der Waals surface area (Å²) in [5, 5.41) is 31.3. The highest BCUT2D eigenvalue weighted by Crippen LogP contribution is 2.35. The van der Waals surface area contributed by atoms with Crippen molar-refractivity contribution >= 4 is 11.6 Å². The smallest absolute Gasteiger partial charge is 0.128 e. The van der Waals surface area contributed by atoms with Crippen molar-refractivity contribution in [1.29, 1.82) is 0 Å². The van der Waals surface area contributed by atoms with Crippen LogP contribution in [-0.2, 0) is 17.6 Å². The Morgan fingerprint density at radius 3 is 2.41 bits per heavy atom. The first-order chi connectivity index (χ1) is 13.9. The number of aliphatic hydroxyl groups excluding tert-OH is 3. The van der Waals surface area contributed by atoms with Crippen LogP contribution in [0.5, 0.6) is 0 Å². The van der Waals surface area contributed by atoms with Gasteiger partial charge in [-0.25, -0.2) is 9.97 Å². The molecular weight excluding hydrogens is 392 g/mol. The Hall–Kier alpha value is -1.57. The fourth-order valence-corrected chi connectivity index (χ4v) is 3.81. The molecule has 0 bridgehead atoms. The molecule has 158 valence electrons. The molecule has 1 aliphatic rings. The van der Waals surface area contributed by atoms with Crippen LogP contribution in [0.15, 0.2) is 30.6 Å². The fraction of sp³-hybridized carbons (Fsp3) is 0.545. The van der Waals surface area contributed by atoms with Crippen LogP contribution in [0.3, 0.4) is 0 Å². The standard InChI is InChI=1S/C22H29ClN2O4/c1-3-5-6-18-24-11-13(12-25-18)9-15-10-14(7-8-16(15)23)22-21(28)20(27)19(26)17(4-2)29-22/h7-8,10-12,17,19-22,26-28H,3-6,9H2,1-2H3/t17-,19-,20+,21-,22+/m1/s1. The summed E-state index contributed by atoms with van der Waals surface area (Å²) in [5.41, 5.74) is 2.51. The van der Waals surface area contributed by atoms with Crippen LogP contribution in [0.1, 0.15) is 61.7 Å². The Kier molecular flexibility index (Phi) is 7.60. The molecule has 0 amide bonds. The average Bonchev–Trinajstić information content (AvgIpc) is 2.73. The largest absolute Gasteiger partial charge is 0.388 e. The lowest BCUT2D eigenvalue weighted by Crippen LogP contribution is -2.53. The van der Waals surface area contributed by atoms with Gasteiger partial charge in [-0.15, -0.1) is 0 Å². The van der Waals surface area contributed by atoms with Crippen molar-refractivity contribution in [3.05, 3.63) is 58.1 Å². The molecule has 2 heterocycles. The summed E-state index contributed by atoms with van der Waals surface area (Å²) in [6.07, 6.45) is 2.89. The van der Waals surface area contributed by atoms with Crippen LogP contribution in [0.25, 0.3) is 0 Å². The first-order valence-electron chi connectivity index (χ1n) is 10.2.